The fourth-order valence-corrected chi connectivity index (χ4v) is 1.34. The molecular weight excluding hydrogens is 206 g/mol. The number of rotatable bonds is 5. The lowest BCUT2D eigenvalue weighted by molar-refractivity contribution is -0.142. The molecule has 16 heavy (non-hydrogen) atoms. The summed E-state index contributed by atoms with van der Waals surface area (Å²) in [6, 6.07) is -0.573. The summed E-state index contributed by atoms with van der Waals surface area (Å²) in [5.41, 5.74) is 6.81. The molecule has 5 nitrogen and oxygen atoms in total. The minimum Gasteiger partial charge on any atom is -0.468 e. The molecule has 0 aliphatic carbocycles. The molecule has 0 saturated carbocycles. The van der Waals surface area contributed by atoms with Crippen molar-refractivity contribution in [3.63, 3.8) is 0 Å². The summed E-state index contributed by atoms with van der Waals surface area (Å²) < 4.78 is 6.35. The fraction of sp³-hybridized carbons (Fsp3) is 0.636. The number of esters is 1. The first kappa shape index (κ1) is 12.7. The highest BCUT2D eigenvalue weighted by Crippen LogP contribution is 2.12. The Balaban J connectivity index is 2.45. The van der Waals surface area contributed by atoms with Gasteiger partial charge in [0.25, 0.3) is 0 Å². The standard InChI is InChI=1S/C11H19N3O2/c1-8(2)9-6-13-14(7-9)5-4-10(12)11(15)16-3/h6-8,10H,4-5,12H2,1-3H3. The number of aryl methyl sites for hydroxylation is 1. The number of aromatic nitrogens is 2. The molecule has 0 aromatic carbocycles. The van der Waals surface area contributed by atoms with Gasteiger partial charge in [0.05, 0.1) is 13.3 Å². The Bertz CT molecular complexity index is 347. The predicted octanol–water partition coefficient (Wildman–Crippen LogP) is 0.897. The maximum absolute atomic E-state index is 11.1. The highest BCUT2D eigenvalue weighted by molar-refractivity contribution is 5.75. The third kappa shape index (κ3) is 3.34. The quantitative estimate of drug-likeness (QED) is 0.756. The molecule has 90 valence electrons. The van der Waals surface area contributed by atoms with Crippen LogP contribution in [-0.4, -0.2) is 28.9 Å². The molecule has 0 radical (unpaired) electrons. The van der Waals surface area contributed by atoms with Crippen molar-refractivity contribution in [2.45, 2.75) is 38.8 Å². The molecule has 0 aliphatic rings. The van der Waals surface area contributed by atoms with Crippen molar-refractivity contribution in [3.05, 3.63) is 18.0 Å². The van der Waals surface area contributed by atoms with Crippen LogP contribution in [0.2, 0.25) is 0 Å². The normalized spacial score (nSPS) is 12.8. The first-order chi connectivity index (χ1) is 7.54. The summed E-state index contributed by atoms with van der Waals surface area (Å²) in [6.45, 7) is 4.85. The lowest BCUT2D eigenvalue weighted by atomic mass is 10.1. The summed E-state index contributed by atoms with van der Waals surface area (Å²) in [5, 5.41) is 4.20. The summed E-state index contributed by atoms with van der Waals surface area (Å²) in [7, 11) is 1.34. The number of hydrogen-bond donors (Lipinski definition) is 1. The molecule has 2 N–H and O–H groups in total. The smallest absolute Gasteiger partial charge is 0.322 e. The van der Waals surface area contributed by atoms with Crippen molar-refractivity contribution in [1.29, 1.82) is 0 Å². The van der Waals surface area contributed by atoms with Crippen molar-refractivity contribution >= 4 is 5.97 Å². The van der Waals surface area contributed by atoms with Crippen molar-refractivity contribution in [2.75, 3.05) is 7.11 Å². The van der Waals surface area contributed by atoms with Crippen molar-refractivity contribution < 1.29 is 9.53 Å². The molecule has 0 saturated heterocycles. The zero-order valence-corrected chi connectivity index (χ0v) is 10.0. The Labute approximate surface area is 95.6 Å². The SMILES string of the molecule is COC(=O)C(N)CCn1cc(C(C)C)cn1. The second kappa shape index (κ2) is 5.65. The maximum atomic E-state index is 11.1. The van der Waals surface area contributed by atoms with Crippen LogP contribution in [-0.2, 0) is 16.1 Å². The molecule has 1 atom stereocenters. The van der Waals surface area contributed by atoms with E-state index in [4.69, 9.17) is 5.73 Å². The summed E-state index contributed by atoms with van der Waals surface area (Å²) >= 11 is 0. The van der Waals surface area contributed by atoms with Gasteiger partial charge >= 0.3 is 5.97 Å². The Morgan fingerprint density at radius 1 is 1.62 bits per heavy atom. The maximum Gasteiger partial charge on any atom is 0.322 e. The molecule has 0 amide bonds. The Kier molecular flexibility index (Phi) is 4.49. The number of nitrogens with zero attached hydrogens (tertiary/aromatic N) is 2. The third-order valence-electron chi connectivity index (χ3n) is 2.49. The molecule has 0 fully saturated rings. The Hall–Kier alpha value is -1.36. The number of carbonyl (C=O) groups is 1. The van der Waals surface area contributed by atoms with Crippen molar-refractivity contribution in [2.24, 2.45) is 5.73 Å². The minimum atomic E-state index is -0.573. The lowest BCUT2D eigenvalue weighted by Crippen LogP contribution is -2.32. The van der Waals surface area contributed by atoms with Crippen LogP contribution in [0.1, 0.15) is 31.7 Å². The van der Waals surface area contributed by atoms with Crippen LogP contribution in [0.3, 0.4) is 0 Å². The van der Waals surface area contributed by atoms with Crippen LogP contribution in [0.4, 0.5) is 0 Å². The van der Waals surface area contributed by atoms with Gasteiger partial charge in [-0.1, -0.05) is 13.8 Å². The molecule has 0 spiro atoms. The van der Waals surface area contributed by atoms with Gasteiger partial charge in [-0.2, -0.15) is 5.10 Å². The van der Waals surface area contributed by atoms with Crippen LogP contribution in [0.25, 0.3) is 0 Å². The molecule has 1 heterocycles. The van der Waals surface area contributed by atoms with E-state index in [-0.39, 0.29) is 5.97 Å². The van der Waals surface area contributed by atoms with Gasteiger partial charge < -0.3 is 10.5 Å². The van der Waals surface area contributed by atoms with Crippen LogP contribution in [0, 0.1) is 0 Å². The van der Waals surface area contributed by atoms with Gasteiger partial charge in [0.2, 0.25) is 0 Å². The average Bonchev–Trinajstić information content (AvgIpc) is 2.73. The van der Waals surface area contributed by atoms with E-state index >= 15 is 0 Å². The van der Waals surface area contributed by atoms with Gasteiger partial charge in [-0.05, 0) is 17.9 Å². The zero-order chi connectivity index (χ0) is 12.1. The van der Waals surface area contributed by atoms with Crippen LogP contribution in [0.15, 0.2) is 12.4 Å². The monoisotopic (exact) mass is 225 g/mol. The average molecular weight is 225 g/mol. The number of ether oxygens (including phenoxy) is 1. The van der Waals surface area contributed by atoms with E-state index in [0.29, 0.717) is 18.9 Å². The molecule has 1 unspecified atom stereocenters. The molecule has 0 bridgehead atoms. The van der Waals surface area contributed by atoms with Gasteiger partial charge in [-0.3, -0.25) is 9.48 Å². The van der Waals surface area contributed by atoms with Gasteiger partial charge in [-0.15, -0.1) is 0 Å². The Morgan fingerprint density at radius 3 is 2.81 bits per heavy atom. The van der Waals surface area contributed by atoms with E-state index in [1.807, 2.05) is 12.4 Å². The van der Waals surface area contributed by atoms with Crippen molar-refractivity contribution in [3.8, 4) is 0 Å². The topological polar surface area (TPSA) is 70.1 Å². The van der Waals surface area contributed by atoms with Crippen molar-refractivity contribution in [1.82, 2.24) is 9.78 Å². The minimum absolute atomic E-state index is 0.378. The number of methoxy groups -OCH3 is 1. The first-order valence-electron chi connectivity index (χ1n) is 5.40. The zero-order valence-electron chi connectivity index (χ0n) is 10.0. The van der Waals surface area contributed by atoms with E-state index in [1.54, 1.807) is 4.68 Å². The van der Waals surface area contributed by atoms with E-state index < -0.39 is 6.04 Å². The summed E-state index contributed by atoms with van der Waals surface area (Å²) in [4.78, 5) is 11.1. The van der Waals surface area contributed by atoms with Gasteiger partial charge in [0, 0.05) is 12.7 Å². The third-order valence-corrected chi connectivity index (χ3v) is 2.49. The first-order valence-corrected chi connectivity index (χ1v) is 5.40. The highest BCUT2D eigenvalue weighted by atomic mass is 16.5. The van der Waals surface area contributed by atoms with Crippen LogP contribution in [0.5, 0.6) is 0 Å². The van der Waals surface area contributed by atoms with E-state index in [2.05, 4.69) is 23.7 Å². The fourth-order valence-electron chi connectivity index (χ4n) is 1.34. The van der Waals surface area contributed by atoms with Gasteiger partial charge in [0.15, 0.2) is 0 Å². The lowest BCUT2D eigenvalue weighted by Gasteiger charge is -2.08. The molecule has 1 aromatic rings. The molecule has 5 heteroatoms. The highest BCUT2D eigenvalue weighted by Gasteiger charge is 2.13. The van der Waals surface area contributed by atoms with E-state index in [1.165, 1.54) is 12.7 Å². The number of carbonyl (C=O) groups excluding carboxylic acids is 1. The number of hydrogen-bond acceptors (Lipinski definition) is 4. The molecular formula is C11H19N3O2. The van der Waals surface area contributed by atoms with Gasteiger partial charge in [0.1, 0.15) is 6.04 Å². The van der Waals surface area contributed by atoms with Crippen LogP contribution >= 0.6 is 0 Å². The van der Waals surface area contributed by atoms with Crippen LogP contribution < -0.4 is 5.73 Å². The number of nitrogens with two attached hydrogens (primary N) is 1. The molecule has 0 aliphatic heterocycles. The van der Waals surface area contributed by atoms with Gasteiger partial charge in [-0.25, -0.2) is 0 Å². The molecule has 1 rings (SSSR count). The summed E-state index contributed by atoms with van der Waals surface area (Å²) in [5.74, 6) is 0.0827. The predicted molar refractivity (Wildman–Crippen MR) is 60.9 cm³/mol. The second-order valence-corrected chi connectivity index (χ2v) is 4.11. The Morgan fingerprint density at radius 2 is 2.31 bits per heavy atom. The van der Waals surface area contributed by atoms with E-state index in [0.717, 1.165) is 0 Å². The largest absolute Gasteiger partial charge is 0.468 e. The summed E-state index contributed by atoms with van der Waals surface area (Å²) in [6.07, 6.45) is 4.36. The van der Waals surface area contributed by atoms with E-state index in [9.17, 15) is 4.79 Å². The second-order valence-electron chi connectivity index (χ2n) is 4.11. The molecule has 1 aromatic heterocycles.